The van der Waals surface area contributed by atoms with Gasteiger partial charge in [-0.3, -0.25) is 9.69 Å². The summed E-state index contributed by atoms with van der Waals surface area (Å²) in [6.07, 6.45) is 5.54. The number of rotatable bonds is 4. The molecular weight excluding hydrogens is 262 g/mol. The van der Waals surface area contributed by atoms with Crippen LogP contribution in [0, 0.1) is 11.8 Å². The van der Waals surface area contributed by atoms with E-state index in [-0.39, 0.29) is 17.1 Å². The first-order chi connectivity index (χ1) is 9.71. The molecule has 2 aliphatic rings. The number of ether oxygens (including phenoxy) is 1. The van der Waals surface area contributed by atoms with Gasteiger partial charge in [0, 0.05) is 32.0 Å². The Kier molecular flexibility index (Phi) is 5.15. The summed E-state index contributed by atoms with van der Waals surface area (Å²) in [5.41, 5.74) is -0.245. The van der Waals surface area contributed by atoms with Gasteiger partial charge in [-0.15, -0.1) is 0 Å². The maximum Gasteiger partial charge on any atom is 0.137 e. The summed E-state index contributed by atoms with van der Waals surface area (Å²) in [6, 6.07) is 0. The standard InChI is InChI=1S/C18H33NO2/c1-6-7-14-8-9-16(20)15(10-14)11-19-12-17(2,3)21-18(4,5)13-19/h14-15H,6-13H2,1-5H3. The average Bonchev–Trinajstić information content (AvgIpc) is 2.29. The van der Waals surface area contributed by atoms with Crippen LogP contribution in [0.5, 0.6) is 0 Å². The number of carbonyl (C=O) groups is 1. The number of morpholine rings is 1. The van der Waals surface area contributed by atoms with Crippen LogP contribution >= 0.6 is 0 Å². The highest BCUT2D eigenvalue weighted by Gasteiger charge is 2.40. The summed E-state index contributed by atoms with van der Waals surface area (Å²) in [6.45, 7) is 13.7. The number of hydrogen-bond acceptors (Lipinski definition) is 3. The monoisotopic (exact) mass is 295 g/mol. The Balaban J connectivity index is 1.97. The van der Waals surface area contributed by atoms with Gasteiger partial charge in [0.2, 0.25) is 0 Å². The van der Waals surface area contributed by atoms with E-state index in [1.807, 2.05) is 0 Å². The fourth-order valence-electron chi connectivity index (χ4n) is 4.44. The zero-order valence-electron chi connectivity index (χ0n) is 14.6. The SMILES string of the molecule is CCCC1CCC(=O)C(CN2CC(C)(C)OC(C)(C)C2)C1. The molecular formula is C18H33NO2. The van der Waals surface area contributed by atoms with Crippen molar-refractivity contribution in [1.29, 1.82) is 0 Å². The molecule has 0 amide bonds. The summed E-state index contributed by atoms with van der Waals surface area (Å²) in [4.78, 5) is 14.7. The molecule has 0 N–H and O–H groups in total. The van der Waals surface area contributed by atoms with Crippen molar-refractivity contribution in [2.45, 2.75) is 77.9 Å². The number of nitrogens with zero attached hydrogens (tertiary/aromatic N) is 1. The van der Waals surface area contributed by atoms with Gasteiger partial charge in [-0.25, -0.2) is 0 Å². The van der Waals surface area contributed by atoms with E-state index in [1.165, 1.54) is 12.8 Å². The first kappa shape index (κ1) is 17.0. The summed E-state index contributed by atoms with van der Waals surface area (Å²) >= 11 is 0. The minimum absolute atomic E-state index is 0.123. The molecule has 2 fully saturated rings. The molecule has 2 rings (SSSR count). The highest BCUT2D eigenvalue weighted by atomic mass is 16.5. The molecule has 0 radical (unpaired) electrons. The summed E-state index contributed by atoms with van der Waals surface area (Å²) in [5, 5.41) is 0. The van der Waals surface area contributed by atoms with E-state index in [1.54, 1.807) is 0 Å². The highest BCUT2D eigenvalue weighted by molar-refractivity contribution is 5.82. The lowest BCUT2D eigenvalue weighted by molar-refractivity contribution is -0.183. The molecule has 0 aromatic carbocycles. The Morgan fingerprint density at radius 3 is 2.38 bits per heavy atom. The molecule has 2 unspecified atom stereocenters. The number of ketones is 1. The van der Waals surface area contributed by atoms with Gasteiger partial charge in [0.1, 0.15) is 5.78 Å². The van der Waals surface area contributed by atoms with Crippen molar-refractivity contribution < 1.29 is 9.53 Å². The fraction of sp³-hybridized carbons (Fsp3) is 0.944. The number of hydrogen-bond donors (Lipinski definition) is 0. The molecule has 3 nitrogen and oxygen atoms in total. The molecule has 122 valence electrons. The van der Waals surface area contributed by atoms with Gasteiger partial charge in [-0.2, -0.15) is 0 Å². The van der Waals surface area contributed by atoms with E-state index in [0.717, 1.165) is 44.8 Å². The molecule has 2 atom stereocenters. The summed E-state index contributed by atoms with van der Waals surface area (Å²) in [7, 11) is 0. The molecule has 1 aliphatic heterocycles. The van der Waals surface area contributed by atoms with E-state index in [4.69, 9.17) is 4.74 Å². The van der Waals surface area contributed by atoms with Gasteiger partial charge >= 0.3 is 0 Å². The molecule has 1 aliphatic carbocycles. The van der Waals surface area contributed by atoms with Crippen molar-refractivity contribution in [3.63, 3.8) is 0 Å². The second-order valence-corrected chi connectivity index (χ2v) is 8.38. The lowest BCUT2D eigenvalue weighted by Crippen LogP contribution is -2.58. The van der Waals surface area contributed by atoms with Crippen molar-refractivity contribution in [2.75, 3.05) is 19.6 Å². The van der Waals surface area contributed by atoms with E-state index in [0.29, 0.717) is 5.78 Å². The average molecular weight is 295 g/mol. The van der Waals surface area contributed by atoms with Gasteiger partial charge in [-0.1, -0.05) is 19.8 Å². The smallest absolute Gasteiger partial charge is 0.137 e. The van der Waals surface area contributed by atoms with Gasteiger partial charge in [-0.05, 0) is 46.5 Å². The van der Waals surface area contributed by atoms with Crippen LogP contribution in [0.4, 0.5) is 0 Å². The predicted molar refractivity (Wildman–Crippen MR) is 86.4 cm³/mol. The Hall–Kier alpha value is -0.410. The first-order valence-electron chi connectivity index (χ1n) is 8.66. The summed E-state index contributed by atoms with van der Waals surface area (Å²) in [5.74, 6) is 1.50. The third kappa shape index (κ3) is 4.79. The zero-order chi connectivity index (χ0) is 15.7. The summed E-state index contributed by atoms with van der Waals surface area (Å²) < 4.78 is 6.14. The Bertz CT molecular complexity index is 359. The minimum Gasteiger partial charge on any atom is -0.367 e. The van der Waals surface area contributed by atoms with Crippen molar-refractivity contribution in [3.8, 4) is 0 Å². The lowest BCUT2D eigenvalue weighted by atomic mass is 9.78. The van der Waals surface area contributed by atoms with E-state index >= 15 is 0 Å². The molecule has 0 aromatic heterocycles. The Labute approximate surface area is 130 Å². The fourth-order valence-corrected chi connectivity index (χ4v) is 4.44. The molecule has 0 spiro atoms. The second kappa shape index (κ2) is 6.37. The van der Waals surface area contributed by atoms with E-state index < -0.39 is 0 Å². The van der Waals surface area contributed by atoms with Crippen LogP contribution in [0.25, 0.3) is 0 Å². The maximum atomic E-state index is 12.3. The van der Waals surface area contributed by atoms with Crippen LogP contribution in [0.15, 0.2) is 0 Å². The number of Topliss-reactive ketones (excluding diaryl/α,β-unsaturated/α-hetero) is 1. The molecule has 0 aromatic rings. The van der Waals surface area contributed by atoms with Gasteiger partial charge in [0.15, 0.2) is 0 Å². The van der Waals surface area contributed by atoms with Crippen molar-refractivity contribution in [2.24, 2.45) is 11.8 Å². The Morgan fingerprint density at radius 2 is 1.81 bits per heavy atom. The van der Waals surface area contributed by atoms with Crippen LogP contribution in [0.1, 0.15) is 66.7 Å². The second-order valence-electron chi connectivity index (χ2n) is 8.38. The van der Waals surface area contributed by atoms with Crippen LogP contribution in [0.2, 0.25) is 0 Å². The van der Waals surface area contributed by atoms with Crippen molar-refractivity contribution in [1.82, 2.24) is 4.90 Å². The zero-order valence-corrected chi connectivity index (χ0v) is 14.6. The quantitative estimate of drug-likeness (QED) is 0.792. The van der Waals surface area contributed by atoms with Crippen LogP contribution < -0.4 is 0 Å². The first-order valence-corrected chi connectivity index (χ1v) is 8.66. The van der Waals surface area contributed by atoms with Gasteiger partial charge in [0.25, 0.3) is 0 Å². The minimum atomic E-state index is -0.123. The van der Waals surface area contributed by atoms with Crippen LogP contribution in [-0.2, 0) is 9.53 Å². The van der Waals surface area contributed by atoms with Crippen LogP contribution in [-0.4, -0.2) is 41.5 Å². The largest absolute Gasteiger partial charge is 0.367 e. The maximum absolute atomic E-state index is 12.3. The normalized spacial score (nSPS) is 33.1. The predicted octanol–water partition coefficient (Wildman–Crippen LogP) is 3.66. The van der Waals surface area contributed by atoms with E-state index in [2.05, 4.69) is 39.5 Å². The molecule has 1 heterocycles. The van der Waals surface area contributed by atoms with Crippen molar-refractivity contribution in [3.05, 3.63) is 0 Å². The molecule has 21 heavy (non-hydrogen) atoms. The van der Waals surface area contributed by atoms with Gasteiger partial charge in [0.05, 0.1) is 11.2 Å². The number of carbonyl (C=O) groups excluding carboxylic acids is 1. The molecule has 3 heteroatoms. The van der Waals surface area contributed by atoms with Crippen LogP contribution in [0.3, 0.4) is 0 Å². The molecule has 1 saturated carbocycles. The highest BCUT2D eigenvalue weighted by Crippen LogP contribution is 2.33. The van der Waals surface area contributed by atoms with E-state index in [9.17, 15) is 4.79 Å². The third-order valence-electron chi connectivity index (χ3n) is 4.81. The topological polar surface area (TPSA) is 29.5 Å². The lowest BCUT2D eigenvalue weighted by Gasteiger charge is -2.48. The third-order valence-corrected chi connectivity index (χ3v) is 4.81. The van der Waals surface area contributed by atoms with Gasteiger partial charge < -0.3 is 4.74 Å². The molecule has 1 saturated heterocycles. The molecule has 0 bridgehead atoms. The van der Waals surface area contributed by atoms with Crippen molar-refractivity contribution >= 4 is 5.78 Å². The Morgan fingerprint density at radius 1 is 1.19 bits per heavy atom.